The lowest BCUT2D eigenvalue weighted by Crippen LogP contribution is -2.28. The minimum Gasteiger partial charge on any atom is -0.399 e. The number of aryl methyl sites for hydroxylation is 1. The molecule has 1 nitrogen and oxygen atoms in total. The summed E-state index contributed by atoms with van der Waals surface area (Å²) in [6, 6.07) is 13.5. The Labute approximate surface area is 120 Å². The van der Waals surface area contributed by atoms with Gasteiger partial charge in [0.15, 0.2) is 0 Å². The summed E-state index contributed by atoms with van der Waals surface area (Å²) in [5.41, 5.74) is 14.5. The fourth-order valence-electron chi connectivity index (χ4n) is 4.32. The highest BCUT2D eigenvalue weighted by Crippen LogP contribution is 2.56. The fraction of sp³-hybridized carbons (Fsp3) is 0.368. The Morgan fingerprint density at radius 2 is 1.50 bits per heavy atom. The van der Waals surface area contributed by atoms with Gasteiger partial charge < -0.3 is 5.73 Å². The minimum atomic E-state index is 0.240. The van der Waals surface area contributed by atoms with Gasteiger partial charge in [-0.1, -0.05) is 49.1 Å². The molecule has 0 heterocycles. The summed E-state index contributed by atoms with van der Waals surface area (Å²) in [5, 5.41) is 0. The van der Waals surface area contributed by atoms with E-state index in [-0.39, 0.29) is 5.41 Å². The van der Waals surface area contributed by atoms with Gasteiger partial charge in [0.2, 0.25) is 0 Å². The van der Waals surface area contributed by atoms with Gasteiger partial charge in [-0.3, -0.25) is 0 Å². The van der Waals surface area contributed by atoms with Crippen molar-refractivity contribution in [1.82, 2.24) is 0 Å². The van der Waals surface area contributed by atoms with Crippen LogP contribution in [-0.2, 0) is 5.41 Å². The Balaban J connectivity index is 2.03. The van der Waals surface area contributed by atoms with E-state index in [2.05, 4.69) is 37.3 Å². The first-order valence-electron chi connectivity index (χ1n) is 7.72. The SMILES string of the molecule is Cc1ccc2c(c1)C1(CCCCC1)c1cc(N)ccc1-2. The average Bonchev–Trinajstić information content (AvgIpc) is 2.70. The molecule has 1 spiro atoms. The molecule has 2 N–H and O–H groups in total. The summed E-state index contributed by atoms with van der Waals surface area (Å²) in [4.78, 5) is 0. The summed E-state index contributed by atoms with van der Waals surface area (Å²) in [6.45, 7) is 2.20. The van der Waals surface area contributed by atoms with Gasteiger partial charge in [-0.25, -0.2) is 0 Å². The summed E-state index contributed by atoms with van der Waals surface area (Å²) < 4.78 is 0. The predicted octanol–water partition coefficient (Wildman–Crippen LogP) is 4.81. The van der Waals surface area contributed by atoms with Crippen LogP contribution in [0.2, 0.25) is 0 Å². The summed E-state index contributed by atoms with van der Waals surface area (Å²) in [5.74, 6) is 0. The minimum absolute atomic E-state index is 0.240. The van der Waals surface area contributed by atoms with Crippen LogP contribution in [0, 0.1) is 6.92 Å². The van der Waals surface area contributed by atoms with Gasteiger partial charge in [0.1, 0.15) is 0 Å². The molecule has 2 aliphatic carbocycles. The zero-order valence-electron chi connectivity index (χ0n) is 12.1. The first-order valence-corrected chi connectivity index (χ1v) is 7.72. The van der Waals surface area contributed by atoms with E-state index in [1.165, 1.54) is 54.4 Å². The van der Waals surface area contributed by atoms with E-state index in [0.717, 1.165) is 5.69 Å². The molecule has 0 radical (unpaired) electrons. The van der Waals surface area contributed by atoms with Crippen molar-refractivity contribution in [3.05, 3.63) is 53.1 Å². The lowest BCUT2D eigenvalue weighted by molar-refractivity contribution is 0.353. The number of benzene rings is 2. The van der Waals surface area contributed by atoms with Crippen LogP contribution in [0.4, 0.5) is 5.69 Å². The highest BCUT2D eigenvalue weighted by atomic mass is 14.6. The van der Waals surface area contributed by atoms with Gasteiger partial charge in [0.25, 0.3) is 0 Å². The third-order valence-electron chi connectivity index (χ3n) is 5.25. The van der Waals surface area contributed by atoms with E-state index in [9.17, 15) is 0 Å². The normalized spacial score (nSPS) is 18.9. The fourth-order valence-corrected chi connectivity index (χ4v) is 4.32. The number of hydrogen-bond acceptors (Lipinski definition) is 1. The lowest BCUT2D eigenvalue weighted by Gasteiger charge is -2.36. The molecule has 0 atom stereocenters. The number of rotatable bonds is 0. The maximum absolute atomic E-state index is 6.09. The van der Waals surface area contributed by atoms with Gasteiger partial charge in [-0.15, -0.1) is 0 Å². The number of fused-ring (bicyclic) bond motifs is 5. The number of nitrogen functional groups attached to an aromatic ring is 1. The van der Waals surface area contributed by atoms with Crippen LogP contribution in [0.25, 0.3) is 11.1 Å². The number of anilines is 1. The van der Waals surface area contributed by atoms with Gasteiger partial charge >= 0.3 is 0 Å². The summed E-state index contributed by atoms with van der Waals surface area (Å²) >= 11 is 0. The zero-order valence-corrected chi connectivity index (χ0v) is 12.1. The molecule has 1 fully saturated rings. The Kier molecular flexibility index (Phi) is 2.47. The molecule has 4 rings (SSSR count). The Morgan fingerprint density at radius 3 is 2.25 bits per heavy atom. The first-order chi connectivity index (χ1) is 9.71. The molecule has 1 heteroatoms. The molecule has 0 unspecified atom stereocenters. The molecule has 102 valence electrons. The van der Waals surface area contributed by atoms with Crippen molar-refractivity contribution < 1.29 is 0 Å². The summed E-state index contributed by atoms with van der Waals surface area (Å²) in [7, 11) is 0. The number of nitrogens with two attached hydrogens (primary N) is 1. The van der Waals surface area contributed by atoms with Crippen LogP contribution < -0.4 is 5.73 Å². The molecule has 0 amide bonds. The van der Waals surface area contributed by atoms with Gasteiger partial charge in [-0.2, -0.15) is 0 Å². The van der Waals surface area contributed by atoms with Crippen molar-refractivity contribution in [2.75, 3.05) is 5.73 Å². The molecule has 0 saturated heterocycles. The molecular formula is C19H21N. The highest BCUT2D eigenvalue weighted by Gasteiger charge is 2.43. The van der Waals surface area contributed by atoms with E-state index >= 15 is 0 Å². The van der Waals surface area contributed by atoms with Crippen molar-refractivity contribution in [2.45, 2.75) is 44.4 Å². The molecule has 2 aliphatic rings. The Bertz CT molecular complexity index is 625. The van der Waals surface area contributed by atoms with E-state index in [4.69, 9.17) is 5.73 Å². The third-order valence-corrected chi connectivity index (χ3v) is 5.25. The van der Waals surface area contributed by atoms with E-state index in [1.54, 1.807) is 5.56 Å². The van der Waals surface area contributed by atoms with Crippen molar-refractivity contribution >= 4 is 5.69 Å². The molecule has 2 aromatic carbocycles. The van der Waals surface area contributed by atoms with Crippen LogP contribution in [-0.4, -0.2) is 0 Å². The Hall–Kier alpha value is -1.76. The second-order valence-corrected chi connectivity index (χ2v) is 6.50. The van der Waals surface area contributed by atoms with Gasteiger partial charge in [-0.05, 0) is 54.2 Å². The monoisotopic (exact) mass is 263 g/mol. The van der Waals surface area contributed by atoms with Crippen molar-refractivity contribution in [2.24, 2.45) is 0 Å². The molecule has 0 aliphatic heterocycles. The first kappa shape index (κ1) is 12.0. The Morgan fingerprint density at radius 1 is 0.850 bits per heavy atom. The van der Waals surface area contributed by atoms with Crippen LogP contribution in [0.5, 0.6) is 0 Å². The molecule has 20 heavy (non-hydrogen) atoms. The van der Waals surface area contributed by atoms with Crippen LogP contribution in [0.1, 0.15) is 48.8 Å². The maximum Gasteiger partial charge on any atom is 0.0317 e. The van der Waals surface area contributed by atoms with Crippen LogP contribution in [0.3, 0.4) is 0 Å². The highest BCUT2D eigenvalue weighted by molar-refractivity contribution is 5.82. The van der Waals surface area contributed by atoms with Gasteiger partial charge in [0, 0.05) is 11.1 Å². The van der Waals surface area contributed by atoms with E-state index < -0.39 is 0 Å². The van der Waals surface area contributed by atoms with Crippen LogP contribution in [0.15, 0.2) is 36.4 Å². The molecule has 0 aromatic heterocycles. The second-order valence-electron chi connectivity index (χ2n) is 6.50. The largest absolute Gasteiger partial charge is 0.399 e. The van der Waals surface area contributed by atoms with Crippen molar-refractivity contribution in [3.8, 4) is 11.1 Å². The zero-order chi connectivity index (χ0) is 13.7. The standard InChI is InChI=1S/C19H21N/c1-13-5-7-15-16-8-6-14(20)12-18(16)19(17(15)11-13)9-3-2-4-10-19/h5-8,11-12H,2-4,9-10,20H2,1H3. The van der Waals surface area contributed by atoms with Crippen molar-refractivity contribution in [3.63, 3.8) is 0 Å². The molecule has 1 saturated carbocycles. The third kappa shape index (κ3) is 1.49. The van der Waals surface area contributed by atoms with Crippen LogP contribution >= 0.6 is 0 Å². The smallest absolute Gasteiger partial charge is 0.0317 e. The van der Waals surface area contributed by atoms with Gasteiger partial charge in [0.05, 0.1) is 0 Å². The maximum atomic E-state index is 6.09. The second kappa shape index (κ2) is 4.12. The molecule has 0 bridgehead atoms. The average molecular weight is 263 g/mol. The van der Waals surface area contributed by atoms with E-state index in [1.807, 2.05) is 6.07 Å². The van der Waals surface area contributed by atoms with E-state index in [0.29, 0.717) is 0 Å². The number of hydrogen-bond donors (Lipinski definition) is 1. The predicted molar refractivity (Wildman–Crippen MR) is 84.9 cm³/mol. The molecular weight excluding hydrogens is 242 g/mol. The lowest BCUT2D eigenvalue weighted by atomic mass is 9.67. The van der Waals surface area contributed by atoms with Crippen molar-refractivity contribution in [1.29, 1.82) is 0 Å². The molecule has 2 aromatic rings. The quantitative estimate of drug-likeness (QED) is 0.678. The topological polar surface area (TPSA) is 26.0 Å². The summed E-state index contributed by atoms with van der Waals surface area (Å²) in [6.07, 6.45) is 6.60.